The highest BCUT2D eigenvalue weighted by Gasteiger charge is 2.22. The third-order valence-electron chi connectivity index (χ3n) is 2.64. The maximum atomic E-state index is 11.7. The number of hydrogen-bond donors (Lipinski definition) is 2. The first-order valence-corrected chi connectivity index (χ1v) is 6.60. The van der Waals surface area contributed by atoms with Crippen LogP contribution in [0.5, 0.6) is 0 Å². The van der Waals surface area contributed by atoms with Crippen molar-refractivity contribution in [2.75, 3.05) is 7.05 Å². The Kier molecular flexibility index (Phi) is 3.59. The molecule has 17 heavy (non-hydrogen) atoms. The predicted octanol–water partition coefficient (Wildman–Crippen LogP) is 0.619. The van der Waals surface area contributed by atoms with Crippen LogP contribution in [0, 0.1) is 20.8 Å². The first kappa shape index (κ1) is 13.7. The molecule has 94 valence electrons. The molecule has 0 heterocycles. The summed E-state index contributed by atoms with van der Waals surface area (Å²) in [5, 5.41) is 7.65. The molecule has 0 bridgehead atoms. The number of amides is 1. The number of nitrogens with two attached hydrogens (primary N) is 1. The highest BCUT2D eigenvalue weighted by molar-refractivity contribution is 7.89. The summed E-state index contributed by atoms with van der Waals surface area (Å²) in [6.07, 6.45) is 0. The average molecular weight is 256 g/mol. The molecule has 1 aromatic rings. The van der Waals surface area contributed by atoms with Gasteiger partial charge in [0, 0.05) is 12.6 Å². The number of sulfonamides is 1. The number of nitrogens with one attached hydrogen (secondary N) is 1. The molecule has 0 saturated heterocycles. The van der Waals surface area contributed by atoms with Crippen molar-refractivity contribution in [2.24, 2.45) is 5.14 Å². The van der Waals surface area contributed by atoms with E-state index in [1.165, 1.54) is 7.05 Å². The molecule has 0 unspecified atom stereocenters. The Morgan fingerprint density at radius 2 is 1.76 bits per heavy atom. The van der Waals surface area contributed by atoms with Crippen molar-refractivity contribution in [3.63, 3.8) is 0 Å². The lowest BCUT2D eigenvalue weighted by Crippen LogP contribution is -2.23. The first-order chi connectivity index (χ1) is 7.70. The Hall–Kier alpha value is -1.40. The number of carbonyl (C=O) groups excluding carboxylic acids is 1. The number of hydrogen-bond acceptors (Lipinski definition) is 3. The molecule has 1 amide bonds. The average Bonchev–Trinajstić information content (AvgIpc) is 2.13. The van der Waals surface area contributed by atoms with Crippen LogP contribution in [0.3, 0.4) is 0 Å². The molecule has 0 aliphatic carbocycles. The lowest BCUT2D eigenvalue weighted by molar-refractivity contribution is 0.0961. The molecule has 5 nitrogen and oxygen atoms in total. The maximum absolute atomic E-state index is 11.7. The van der Waals surface area contributed by atoms with Crippen molar-refractivity contribution in [2.45, 2.75) is 25.7 Å². The lowest BCUT2D eigenvalue weighted by atomic mass is 9.99. The second-order valence-corrected chi connectivity index (χ2v) is 5.46. The molecule has 0 radical (unpaired) electrons. The summed E-state index contributed by atoms with van der Waals surface area (Å²) >= 11 is 0. The minimum Gasteiger partial charge on any atom is -0.355 e. The SMILES string of the molecule is CNC(=O)c1c(C)cc(C)c(S(N)(=O)=O)c1C. The van der Waals surface area contributed by atoms with E-state index in [-0.39, 0.29) is 10.8 Å². The van der Waals surface area contributed by atoms with E-state index in [1.807, 2.05) is 0 Å². The van der Waals surface area contributed by atoms with E-state index < -0.39 is 10.0 Å². The maximum Gasteiger partial charge on any atom is 0.251 e. The molecule has 1 aromatic carbocycles. The van der Waals surface area contributed by atoms with Gasteiger partial charge in [-0.3, -0.25) is 4.79 Å². The summed E-state index contributed by atoms with van der Waals surface area (Å²) in [4.78, 5) is 11.7. The van der Waals surface area contributed by atoms with Crippen molar-refractivity contribution in [1.82, 2.24) is 5.32 Å². The fraction of sp³-hybridized carbons (Fsp3) is 0.364. The van der Waals surface area contributed by atoms with Crippen molar-refractivity contribution in [3.8, 4) is 0 Å². The third-order valence-corrected chi connectivity index (χ3v) is 3.84. The van der Waals surface area contributed by atoms with Gasteiger partial charge in [0.05, 0.1) is 4.90 Å². The van der Waals surface area contributed by atoms with Gasteiger partial charge in [-0.1, -0.05) is 6.07 Å². The van der Waals surface area contributed by atoms with Gasteiger partial charge in [0.2, 0.25) is 10.0 Å². The molecule has 0 fully saturated rings. The van der Waals surface area contributed by atoms with E-state index in [2.05, 4.69) is 5.32 Å². The molecule has 0 saturated carbocycles. The van der Waals surface area contributed by atoms with Crippen molar-refractivity contribution >= 4 is 15.9 Å². The Morgan fingerprint density at radius 3 is 2.18 bits per heavy atom. The van der Waals surface area contributed by atoms with Gasteiger partial charge in [0.15, 0.2) is 0 Å². The lowest BCUT2D eigenvalue weighted by Gasteiger charge is -2.14. The number of primary sulfonamides is 1. The summed E-state index contributed by atoms with van der Waals surface area (Å²) in [6.45, 7) is 5.01. The van der Waals surface area contributed by atoms with E-state index >= 15 is 0 Å². The Labute approximate surface area is 101 Å². The molecule has 0 atom stereocenters. The van der Waals surface area contributed by atoms with Gasteiger partial charge in [0.25, 0.3) is 5.91 Å². The van der Waals surface area contributed by atoms with E-state index in [0.29, 0.717) is 16.7 Å². The molecule has 6 heteroatoms. The molecule has 0 aliphatic rings. The van der Waals surface area contributed by atoms with Crippen LogP contribution in [0.25, 0.3) is 0 Å². The Bertz CT molecular complexity index is 577. The van der Waals surface area contributed by atoms with Gasteiger partial charge in [-0.15, -0.1) is 0 Å². The van der Waals surface area contributed by atoms with E-state index in [4.69, 9.17) is 5.14 Å². The summed E-state index contributed by atoms with van der Waals surface area (Å²) in [6, 6.07) is 1.65. The van der Waals surface area contributed by atoms with Crippen LogP contribution in [0.1, 0.15) is 27.0 Å². The highest BCUT2D eigenvalue weighted by Crippen LogP contribution is 2.25. The number of aryl methyl sites for hydroxylation is 2. The summed E-state index contributed by atoms with van der Waals surface area (Å²) in [5.74, 6) is -0.315. The van der Waals surface area contributed by atoms with Gasteiger partial charge in [0.1, 0.15) is 0 Å². The zero-order chi connectivity index (χ0) is 13.4. The second kappa shape index (κ2) is 4.46. The molecular weight excluding hydrogens is 240 g/mol. The minimum atomic E-state index is -3.83. The number of rotatable bonds is 2. The summed E-state index contributed by atoms with van der Waals surface area (Å²) in [5.41, 5.74) is 2.04. The monoisotopic (exact) mass is 256 g/mol. The van der Waals surface area contributed by atoms with Gasteiger partial charge in [-0.05, 0) is 37.5 Å². The number of carbonyl (C=O) groups is 1. The smallest absolute Gasteiger partial charge is 0.251 e. The van der Waals surface area contributed by atoms with Gasteiger partial charge >= 0.3 is 0 Å². The van der Waals surface area contributed by atoms with Crippen LogP contribution in [0.4, 0.5) is 0 Å². The largest absolute Gasteiger partial charge is 0.355 e. The quantitative estimate of drug-likeness (QED) is 0.812. The topological polar surface area (TPSA) is 89.3 Å². The van der Waals surface area contributed by atoms with E-state index in [0.717, 1.165) is 5.56 Å². The van der Waals surface area contributed by atoms with Gasteiger partial charge in [-0.2, -0.15) is 0 Å². The number of benzene rings is 1. The zero-order valence-electron chi connectivity index (χ0n) is 10.3. The van der Waals surface area contributed by atoms with Crippen molar-refractivity contribution < 1.29 is 13.2 Å². The summed E-state index contributed by atoms with van der Waals surface area (Å²) in [7, 11) is -2.33. The Morgan fingerprint density at radius 1 is 1.24 bits per heavy atom. The highest BCUT2D eigenvalue weighted by atomic mass is 32.2. The molecule has 0 aromatic heterocycles. The molecule has 1 rings (SSSR count). The van der Waals surface area contributed by atoms with Crippen LogP contribution < -0.4 is 10.5 Å². The third kappa shape index (κ3) is 2.48. The van der Waals surface area contributed by atoms with Crippen LogP contribution in [-0.2, 0) is 10.0 Å². The van der Waals surface area contributed by atoms with E-state index in [1.54, 1.807) is 26.8 Å². The van der Waals surface area contributed by atoms with Gasteiger partial charge < -0.3 is 5.32 Å². The standard InChI is InChI=1S/C11H16N2O3S/c1-6-5-7(2)10(17(12,15)16)8(3)9(6)11(14)13-4/h5H,1-4H3,(H,13,14)(H2,12,15,16). The fourth-order valence-electron chi connectivity index (χ4n) is 2.08. The molecule has 0 aliphatic heterocycles. The van der Waals surface area contributed by atoms with Crippen LogP contribution in [0.2, 0.25) is 0 Å². The first-order valence-electron chi connectivity index (χ1n) is 5.05. The fourth-order valence-corrected chi connectivity index (χ4v) is 3.12. The van der Waals surface area contributed by atoms with Crippen LogP contribution >= 0.6 is 0 Å². The zero-order valence-corrected chi connectivity index (χ0v) is 11.1. The van der Waals surface area contributed by atoms with Crippen molar-refractivity contribution in [1.29, 1.82) is 0 Å². The molecule has 3 N–H and O–H groups in total. The second-order valence-electron chi connectivity index (χ2n) is 3.96. The summed E-state index contributed by atoms with van der Waals surface area (Å²) < 4.78 is 23.0. The van der Waals surface area contributed by atoms with Gasteiger partial charge in [-0.25, -0.2) is 13.6 Å². The van der Waals surface area contributed by atoms with Crippen LogP contribution in [-0.4, -0.2) is 21.4 Å². The normalized spacial score (nSPS) is 11.4. The molecule has 0 spiro atoms. The van der Waals surface area contributed by atoms with E-state index in [9.17, 15) is 13.2 Å². The molecular formula is C11H16N2O3S. The van der Waals surface area contributed by atoms with Crippen molar-refractivity contribution in [3.05, 3.63) is 28.3 Å². The minimum absolute atomic E-state index is 0.0294. The Balaban J connectivity index is 3.73. The predicted molar refractivity (Wildman–Crippen MR) is 65.4 cm³/mol. The van der Waals surface area contributed by atoms with Crippen LogP contribution in [0.15, 0.2) is 11.0 Å².